The van der Waals surface area contributed by atoms with Gasteiger partial charge in [-0.25, -0.2) is 0 Å². The predicted octanol–water partition coefficient (Wildman–Crippen LogP) is 5.25. The first-order chi connectivity index (χ1) is 7.18. The van der Waals surface area contributed by atoms with Crippen LogP contribution in [-0.4, -0.2) is 0 Å². The third kappa shape index (κ3) is 2.60. The average molecular weight is 265 g/mol. The van der Waals surface area contributed by atoms with E-state index in [-0.39, 0.29) is 0 Å². The first-order valence-corrected chi connectivity index (χ1v) is 6.13. The normalized spacial score (nSPS) is 9.67. The number of hydrogen-bond acceptors (Lipinski definition) is 0. The fourth-order valence-electron chi connectivity index (χ4n) is 1.52. The molecular weight excluding hydrogens is 248 g/mol. The molecule has 15 heavy (non-hydrogen) atoms. The van der Waals surface area contributed by atoms with Crippen molar-refractivity contribution in [3.05, 3.63) is 45.9 Å². The Bertz CT molecular complexity index is 458. The number of aryl methyl sites for hydroxylation is 2. The summed E-state index contributed by atoms with van der Waals surface area (Å²) in [7, 11) is 0. The van der Waals surface area contributed by atoms with Crippen molar-refractivity contribution >= 4 is 26.7 Å². The van der Waals surface area contributed by atoms with Crippen LogP contribution in [0.5, 0.6) is 0 Å². The molecule has 80 valence electrons. The Hall–Kier alpha value is -0.820. The molecular formula is C14H17Br. The lowest BCUT2D eigenvalue weighted by Gasteiger charge is -2.04. The molecule has 0 radical (unpaired) electrons. The van der Waals surface area contributed by atoms with E-state index >= 15 is 0 Å². The topological polar surface area (TPSA) is 0 Å². The van der Waals surface area contributed by atoms with Crippen LogP contribution in [0.25, 0.3) is 10.8 Å². The highest BCUT2D eigenvalue weighted by Crippen LogP contribution is 2.27. The maximum absolute atomic E-state index is 3.61. The van der Waals surface area contributed by atoms with Gasteiger partial charge >= 0.3 is 0 Å². The number of hydrogen-bond donors (Lipinski definition) is 0. The highest BCUT2D eigenvalue weighted by molar-refractivity contribution is 9.10. The van der Waals surface area contributed by atoms with Gasteiger partial charge in [-0.2, -0.15) is 0 Å². The molecule has 0 atom stereocenters. The van der Waals surface area contributed by atoms with Gasteiger partial charge in [0.15, 0.2) is 0 Å². The fourth-order valence-corrected chi connectivity index (χ4v) is 2.01. The Labute approximate surface area is 100 Å². The first-order valence-electron chi connectivity index (χ1n) is 5.34. The Morgan fingerprint density at radius 2 is 1.60 bits per heavy atom. The van der Waals surface area contributed by atoms with Crippen LogP contribution >= 0.6 is 15.9 Å². The van der Waals surface area contributed by atoms with Crippen LogP contribution in [0, 0.1) is 13.8 Å². The van der Waals surface area contributed by atoms with Crippen molar-refractivity contribution in [1.29, 1.82) is 0 Å². The van der Waals surface area contributed by atoms with Gasteiger partial charge in [-0.05, 0) is 46.1 Å². The molecule has 2 rings (SSSR count). The standard InChI is InChI=1S/C12H11Br.C2H6/c1-8-3-6-11-10(7-8)5-4-9(2)12(11)13;1-2/h3-7H,1-2H3;1-2H3. The van der Waals surface area contributed by atoms with Crippen LogP contribution < -0.4 is 0 Å². The monoisotopic (exact) mass is 264 g/mol. The second-order valence-electron chi connectivity index (χ2n) is 3.42. The summed E-state index contributed by atoms with van der Waals surface area (Å²) in [5, 5.41) is 2.60. The molecule has 0 aliphatic heterocycles. The van der Waals surface area contributed by atoms with E-state index in [2.05, 4.69) is 60.1 Å². The van der Waals surface area contributed by atoms with Crippen LogP contribution in [0.1, 0.15) is 25.0 Å². The summed E-state index contributed by atoms with van der Waals surface area (Å²) in [6, 6.07) is 10.8. The molecule has 0 amide bonds. The van der Waals surface area contributed by atoms with E-state index in [1.807, 2.05) is 13.8 Å². The Balaban J connectivity index is 0.000000531. The zero-order valence-electron chi connectivity index (χ0n) is 9.76. The van der Waals surface area contributed by atoms with Crippen LogP contribution in [0.2, 0.25) is 0 Å². The van der Waals surface area contributed by atoms with Gasteiger partial charge in [0.2, 0.25) is 0 Å². The van der Waals surface area contributed by atoms with E-state index in [9.17, 15) is 0 Å². The van der Waals surface area contributed by atoms with E-state index in [1.165, 1.54) is 26.4 Å². The largest absolute Gasteiger partial charge is 0.0683 e. The molecule has 0 aliphatic rings. The Morgan fingerprint density at radius 3 is 2.27 bits per heavy atom. The summed E-state index contributed by atoms with van der Waals surface area (Å²) in [6.07, 6.45) is 0. The number of rotatable bonds is 0. The fraction of sp³-hybridized carbons (Fsp3) is 0.286. The molecule has 0 spiro atoms. The van der Waals surface area contributed by atoms with Crippen molar-refractivity contribution in [3.8, 4) is 0 Å². The van der Waals surface area contributed by atoms with Crippen LogP contribution in [0.4, 0.5) is 0 Å². The third-order valence-electron chi connectivity index (χ3n) is 2.30. The van der Waals surface area contributed by atoms with Gasteiger partial charge in [0.05, 0.1) is 0 Å². The van der Waals surface area contributed by atoms with E-state index in [0.29, 0.717) is 0 Å². The van der Waals surface area contributed by atoms with Gasteiger partial charge in [-0.15, -0.1) is 0 Å². The molecule has 0 aromatic heterocycles. The van der Waals surface area contributed by atoms with Crippen molar-refractivity contribution in [1.82, 2.24) is 0 Å². The van der Waals surface area contributed by atoms with E-state index in [1.54, 1.807) is 0 Å². The van der Waals surface area contributed by atoms with Crippen molar-refractivity contribution in [3.63, 3.8) is 0 Å². The zero-order chi connectivity index (χ0) is 11.4. The molecule has 0 nitrogen and oxygen atoms in total. The number of benzene rings is 2. The highest BCUT2D eigenvalue weighted by Gasteiger charge is 2.00. The summed E-state index contributed by atoms with van der Waals surface area (Å²) >= 11 is 3.61. The molecule has 0 saturated heterocycles. The zero-order valence-corrected chi connectivity index (χ0v) is 11.4. The molecule has 0 fully saturated rings. The first kappa shape index (κ1) is 12.3. The summed E-state index contributed by atoms with van der Waals surface area (Å²) in [6.45, 7) is 8.23. The van der Waals surface area contributed by atoms with Crippen LogP contribution in [0.3, 0.4) is 0 Å². The van der Waals surface area contributed by atoms with Crippen molar-refractivity contribution in [2.75, 3.05) is 0 Å². The van der Waals surface area contributed by atoms with Gasteiger partial charge in [-0.1, -0.05) is 49.7 Å². The van der Waals surface area contributed by atoms with Crippen molar-refractivity contribution < 1.29 is 0 Å². The smallest absolute Gasteiger partial charge is 0.0282 e. The molecule has 0 heterocycles. The molecule has 2 aromatic rings. The summed E-state index contributed by atoms with van der Waals surface area (Å²) in [5.74, 6) is 0. The molecule has 2 aromatic carbocycles. The number of fused-ring (bicyclic) bond motifs is 1. The molecule has 1 heteroatoms. The van der Waals surface area contributed by atoms with Crippen molar-refractivity contribution in [2.45, 2.75) is 27.7 Å². The maximum Gasteiger partial charge on any atom is 0.0282 e. The van der Waals surface area contributed by atoms with E-state index in [4.69, 9.17) is 0 Å². The highest BCUT2D eigenvalue weighted by atomic mass is 79.9. The van der Waals surface area contributed by atoms with Gasteiger partial charge in [0.1, 0.15) is 0 Å². The molecule has 0 unspecified atom stereocenters. The van der Waals surface area contributed by atoms with Gasteiger partial charge in [-0.3, -0.25) is 0 Å². The molecule has 0 aliphatic carbocycles. The van der Waals surface area contributed by atoms with Gasteiger partial charge < -0.3 is 0 Å². The maximum atomic E-state index is 3.61. The SMILES string of the molecule is CC.Cc1ccc2c(Br)c(C)ccc2c1. The second kappa shape index (κ2) is 5.32. The minimum absolute atomic E-state index is 1.21. The molecule has 0 bridgehead atoms. The number of halogens is 1. The predicted molar refractivity (Wildman–Crippen MR) is 72.5 cm³/mol. The summed E-state index contributed by atoms with van der Waals surface area (Å²) < 4.78 is 1.21. The third-order valence-corrected chi connectivity index (χ3v) is 3.36. The van der Waals surface area contributed by atoms with Crippen molar-refractivity contribution in [2.24, 2.45) is 0 Å². The summed E-state index contributed by atoms with van der Waals surface area (Å²) in [4.78, 5) is 0. The lowest BCUT2D eigenvalue weighted by molar-refractivity contribution is 1.45. The molecule has 0 N–H and O–H groups in total. The average Bonchev–Trinajstić information content (AvgIpc) is 2.26. The Morgan fingerprint density at radius 1 is 0.933 bits per heavy atom. The van der Waals surface area contributed by atoms with Crippen LogP contribution in [0.15, 0.2) is 34.8 Å². The lowest BCUT2D eigenvalue weighted by Crippen LogP contribution is -1.80. The van der Waals surface area contributed by atoms with E-state index < -0.39 is 0 Å². The van der Waals surface area contributed by atoms with E-state index in [0.717, 1.165) is 0 Å². The quantitative estimate of drug-likeness (QED) is 0.610. The van der Waals surface area contributed by atoms with Gasteiger partial charge in [0, 0.05) is 4.47 Å². The minimum Gasteiger partial charge on any atom is -0.0683 e. The lowest BCUT2D eigenvalue weighted by atomic mass is 10.1. The van der Waals surface area contributed by atoms with Gasteiger partial charge in [0.25, 0.3) is 0 Å². The Kier molecular flexibility index (Phi) is 4.34. The minimum atomic E-state index is 1.21. The second-order valence-corrected chi connectivity index (χ2v) is 4.21. The molecule has 0 saturated carbocycles. The summed E-state index contributed by atoms with van der Waals surface area (Å²) in [5.41, 5.74) is 2.60. The van der Waals surface area contributed by atoms with Crippen LogP contribution in [-0.2, 0) is 0 Å².